The van der Waals surface area contributed by atoms with Gasteiger partial charge in [-0.05, 0) is 36.4 Å². The van der Waals surface area contributed by atoms with Crippen molar-refractivity contribution < 1.29 is 22.0 Å². The smallest absolute Gasteiger partial charge is 0.255 e. The Morgan fingerprint density at radius 3 is 2.38 bits per heavy atom. The van der Waals surface area contributed by atoms with Gasteiger partial charge in [-0.15, -0.1) is 0 Å². The van der Waals surface area contributed by atoms with Crippen LogP contribution in [0.3, 0.4) is 0 Å². The second-order valence-electron chi connectivity index (χ2n) is 7.01. The van der Waals surface area contributed by atoms with E-state index < -0.39 is 15.9 Å². The van der Waals surface area contributed by atoms with Gasteiger partial charge in [-0.2, -0.15) is 0 Å². The number of carbonyl (C=O) groups is 1. The highest BCUT2D eigenvalue weighted by molar-refractivity contribution is 7.89. The van der Waals surface area contributed by atoms with E-state index in [0.29, 0.717) is 22.3 Å². The van der Waals surface area contributed by atoms with E-state index in [1.54, 1.807) is 35.0 Å². The molecular weight excluding hydrogens is 402 g/mol. The number of primary sulfonamides is 1. The first-order valence-electron chi connectivity index (χ1n) is 8.92. The number of hydrogen-bond donors (Lipinski definition) is 1. The lowest BCUT2D eigenvalue weighted by Gasteiger charge is -2.31. The van der Waals surface area contributed by atoms with Crippen LogP contribution in [0.15, 0.2) is 53.7 Å². The Balaban J connectivity index is 1.60. The molecule has 3 aromatic rings. The van der Waals surface area contributed by atoms with Gasteiger partial charge in [0.15, 0.2) is 0 Å². The number of nitrogens with two attached hydrogens (primary N) is 1. The van der Waals surface area contributed by atoms with E-state index in [9.17, 15) is 22.0 Å². The molecule has 1 aliphatic rings. The largest absolute Gasteiger partial charge is 0.338 e. The summed E-state index contributed by atoms with van der Waals surface area (Å²) in [6.07, 6.45) is 2.50. The molecule has 0 saturated carbocycles. The monoisotopic (exact) mass is 420 g/mol. The van der Waals surface area contributed by atoms with Gasteiger partial charge >= 0.3 is 0 Å². The Bertz CT molecular complexity index is 1180. The first-order chi connectivity index (χ1) is 13.6. The van der Waals surface area contributed by atoms with Crippen LogP contribution >= 0.6 is 0 Å². The van der Waals surface area contributed by atoms with Gasteiger partial charge < -0.3 is 9.47 Å². The molecule has 1 saturated heterocycles. The minimum absolute atomic E-state index is 0.00524. The van der Waals surface area contributed by atoms with Crippen LogP contribution in [0, 0.1) is 0 Å². The first kappa shape index (κ1) is 19.5. The van der Waals surface area contributed by atoms with Crippen molar-refractivity contribution in [2.24, 2.45) is 5.14 Å². The Hall–Kier alpha value is -2.85. The summed E-state index contributed by atoms with van der Waals surface area (Å²) in [5.74, 6) is -3.03. The summed E-state index contributed by atoms with van der Waals surface area (Å²) in [5, 5.41) is 5.82. The SMILES string of the molecule is NS(=O)(=O)c1ccc(-n2ccc3cc(C(=O)N4CCC(F)(F)CC4)cnc32)cc1. The summed E-state index contributed by atoms with van der Waals surface area (Å²) in [4.78, 5) is 18.4. The predicted octanol–water partition coefficient (Wildman–Crippen LogP) is 2.54. The molecule has 2 aromatic heterocycles. The Morgan fingerprint density at radius 1 is 1.10 bits per heavy atom. The van der Waals surface area contributed by atoms with Crippen LogP contribution in [0.4, 0.5) is 8.78 Å². The average Bonchev–Trinajstić information content (AvgIpc) is 3.10. The molecule has 2 N–H and O–H groups in total. The molecule has 4 rings (SSSR count). The number of alkyl halides is 2. The van der Waals surface area contributed by atoms with Crippen molar-refractivity contribution in [2.45, 2.75) is 23.7 Å². The van der Waals surface area contributed by atoms with Gasteiger partial charge in [0, 0.05) is 49.4 Å². The third-order valence-electron chi connectivity index (χ3n) is 5.00. The number of sulfonamides is 1. The highest BCUT2D eigenvalue weighted by Gasteiger charge is 2.35. The number of pyridine rings is 1. The minimum atomic E-state index is -3.78. The second kappa shape index (κ2) is 6.89. The van der Waals surface area contributed by atoms with Crippen molar-refractivity contribution >= 4 is 27.0 Å². The van der Waals surface area contributed by atoms with Gasteiger partial charge in [0.25, 0.3) is 11.8 Å². The second-order valence-corrected chi connectivity index (χ2v) is 8.57. The number of amides is 1. The Labute approximate surface area is 165 Å². The molecule has 0 aliphatic carbocycles. The zero-order chi connectivity index (χ0) is 20.8. The zero-order valence-electron chi connectivity index (χ0n) is 15.3. The molecule has 0 spiro atoms. The van der Waals surface area contributed by atoms with Crippen LogP contribution in [0.25, 0.3) is 16.7 Å². The van der Waals surface area contributed by atoms with Crippen LogP contribution in [0.1, 0.15) is 23.2 Å². The molecule has 0 atom stereocenters. The number of piperidine rings is 1. The number of carbonyl (C=O) groups excluding carboxylic acids is 1. The molecule has 1 amide bonds. The summed E-state index contributed by atoms with van der Waals surface area (Å²) in [5.41, 5.74) is 1.59. The molecule has 7 nitrogen and oxygen atoms in total. The fraction of sp³-hybridized carbons (Fsp3) is 0.263. The molecule has 1 aliphatic heterocycles. The number of hydrogen-bond acceptors (Lipinski definition) is 4. The van der Waals surface area contributed by atoms with Crippen molar-refractivity contribution in [2.75, 3.05) is 13.1 Å². The maximum Gasteiger partial charge on any atom is 0.255 e. The zero-order valence-corrected chi connectivity index (χ0v) is 16.1. The molecule has 29 heavy (non-hydrogen) atoms. The first-order valence-corrected chi connectivity index (χ1v) is 10.5. The summed E-state index contributed by atoms with van der Waals surface area (Å²) in [6, 6.07) is 9.46. The third-order valence-corrected chi connectivity index (χ3v) is 5.93. The van der Waals surface area contributed by atoms with E-state index in [1.807, 2.05) is 0 Å². The normalized spacial score (nSPS) is 16.9. The standard InChI is InChI=1S/C19H18F2N4O3S/c20-19(21)6-9-24(10-7-19)18(26)14-11-13-5-8-25(17(13)23-12-14)15-1-3-16(4-2-15)29(22,27)28/h1-5,8,11-12H,6-7,9-10H2,(H2,22,27,28). The van der Waals surface area contributed by atoms with E-state index >= 15 is 0 Å². The van der Waals surface area contributed by atoms with Gasteiger partial charge in [-0.25, -0.2) is 27.3 Å². The summed E-state index contributed by atoms with van der Waals surface area (Å²) >= 11 is 0. The van der Waals surface area contributed by atoms with E-state index in [-0.39, 0.29) is 36.7 Å². The molecule has 10 heteroatoms. The van der Waals surface area contributed by atoms with Crippen molar-refractivity contribution in [3.63, 3.8) is 0 Å². The number of likely N-dealkylation sites (tertiary alicyclic amines) is 1. The number of aromatic nitrogens is 2. The number of halogens is 2. The van der Waals surface area contributed by atoms with E-state index in [0.717, 1.165) is 0 Å². The molecule has 1 aromatic carbocycles. The molecule has 152 valence electrons. The van der Waals surface area contributed by atoms with Crippen LogP contribution in [-0.4, -0.2) is 47.8 Å². The van der Waals surface area contributed by atoms with Gasteiger partial charge in [0.2, 0.25) is 10.0 Å². The number of fused-ring (bicyclic) bond motifs is 1. The molecular formula is C19H18F2N4O3S. The average molecular weight is 420 g/mol. The molecule has 1 fully saturated rings. The summed E-state index contributed by atoms with van der Waals surface area (Å²) in [7, 11) is -3.78. The van der Waals surface area contributed by atoms with Crippen LogP contribution < -0.4 is 5.14 Å². The maximum atomic E-state index is 13.3. The van der Waals surface area contributed by atoms with Crippen molar-refractivity contribution in [3.8, 4) is 5.69 Å². The van der Waals surface area contributed by atoms with E-state index in [2.05, 4.69) is 4.98 Å². The van der Waals surface area contributed by atoms with Crippen LogP contribution in [-0.2, 0) is 10.0 Å². The Morgan fingerprint density at radius 2 is 1.76 bits per heavy atom. The lowest BCUT2D eigenvalue weighted by Crippen LogP contribution is -2.42. The minimum Gasteiger partial charge on any atom is -0.338 e. The molecule has 0 bridgehead atoms. The maximum absolute atomic E-state index is 13.3. The van der Waals surface area contributed by atoms with E-state index in [1.165, 1.54) is 23.2 Å². The summed E-state index contributed by atoms with van der Waals surface area (Å²) < 4.78 is 51.2. The van der Waals surface area contributed by atoms with Gasteiger partial charge in [0.1, 0.15) is 5.65 Å². The highest BCUT2D eigenvalue weighted by atomic mass is 32.2. The fourth-order valence-electron chi connectivity index (χ4n) is 3.37. The Kier molecular flexibility index (Phi) is 4.62. The number of rotatable bonds is 3. The number of nitrogens with zero attached hydrogens (tertiary/aromatic N) is 3. The van der Waals surface area contributed by atoms with E-state index in [4.69, 9.17) is 5.14 Å². The lowest BCUT2D eigenvalue weighted by molar-refractivity contribution is -0.0494. The molecule has 3 heterocycles. The lowest BCUT2D eigenvalue weighted by atomic mass is 10.1. The predicted molar refractivity (Wildman–Crippen MR) is 103 cm³/mol. The van der Waals surface area contributed by atoms with Crippen LogP contribution in [0.2, 0.25) is 0 Å². The van der Waals surface area contributed by atoms with Crippen molar-refractivity contribution in [3.05, 3.63) is 54.4 Å². The highest BCUT2D eigenvalue weighted by Crippen LogP contribution is 2.29. The van der Waals surface area contributed by atoms with Crippen LogP contribution in [0.5, 0.6) is 0 Å². The fourth-order valence-corrected chi connectivity index (χ4v) is 3.88. The topological polar surface area (TPSA) is 98.3 Å². The van der Waals surface area contributed by atoms with Gasteiger partial charge in [-0.3, -0.25) is 4.79 Å². The van der Waals surface area contributed by atoms with Gasteiger partial charge in [0.05, 0.1) is 10.5 Å². The van der Waals surface area contributed by atoms with Crippen molar-refractivity contribution in [1.82, 2.24) is 14.5 Å². The third kappa shape index (κ3) is 3.85. The summed E-state index contributed by atoms with van der Waals surface area (Å²) in [6.45, 7) is 0.0303. The molecule has 0 radical (unpaired) electrons. The van der Waals surface area contributed by atoms with Gasteiger partial charge in [-0.1, -0.05) is 0 Å². The quantitative estimate of drug-likeness (QED) is 0.704. The molecule has 0 unspecified atom stereocenters. The number of benzene rings is 1. The van der Waals surface area contributed by atoms with Crippen molar-refractivity contribution in [1.29, 1.82) is 0 Å².